The molecule has 0 atom stereocenters. The van der Waals surface area contributed by atoms with E-state index in [4.69, 9.17) is 32.5 Å². The average Bonchev–Trinajstić information content (AvgIpc) is 3.18. The second-order valence-electron chi connectivity index (χ2n) is 6.82. The van der Waals surface area contributed by atoms with Crippen LogP contribution in [0.5, 0.6) is 0 Å². The number of amides is 1. The number of piperazine rings is 1. The molecule has 4 rings (SSSR count). The molecular formula is C18H21Cl2N5O3. The molecule has 1 amide bonds. The Morgan fingerprint density at radius 1 is 1.00 bits per heavy atom. The van der Waals surface area contributed by atoms with Crippen LogP contribution in [0.15, 0.2) is 22.7 Å². The lowest BCUT2D eigenvalue weighted by Gasteiger charge is -2.35. The fourth-order valence-corrected chi connectivity index (χ4v) is 3.87. The predicted octanol–water partition coefficient (Wildman–Crippen LogP) is 2.02. The number of hydrogen-bond donors (Lipinski definition) is 0. The molecule has 1 aromatic carbocycles. The quantitative estimate of drug-likeness (QED) is 0.741. The molecule has 2 fully saturated rings. The van der Waals surface area contributed by atoms with Gasteiger partial charge >= 0.3 is 6.01 Å². The Balaban J connectivity index is 1.34. The van der Waals surface area contributed by atoms with Gasteiger partial charge in [0.2, 0.25) is 11.7 Å². The molecular weight excluding hydrogens is 405 g/mol. The summed E-state index contributed by atoms with van der Waals surface area (Å²) in [6.45, 7) is 6.00. The number of aromatic nitrogens is 2. The molecule has 2 aliphatic heterocycles. The van der Waals surface area contributed by atoms with Gasteiger partial charge in [0.25, 0.3) is 0 Å². The second-order valence-corrected chi connectivity index (χ2v) is 7.69. The molecule has 2 aliphatic rings. The number of ether oxygens (including phenoxy) is 1. The first-order valence-electron chi connectivity index (χ1n) is 9.21. The van der Waals surface area contributed by atoms with Crippen molar-refractivity contribution < 1.29 is 14.1 Å². The SMILES string of the molecule is O=C(CN1CCOCC1)N1CCN(c2nc(-c3cc(Cl)cc(Cl)c3)no2)CC1. The van der Waals surface area contributed by atoms with E-state index in [1.54, 1.807) is 18.2 Å². The Kier molecular flexibility index (Phi) is 6.01. The molecule has 2 saturated heterocycles. The summed E-state index contributed by atoms with van der Waals surface area (Å²) >= 11 is 12.1. The molecule has 150 valence electrons. The Labute approximate surface area is 172 Å². The van der Waals surface area contributed by atoms with Crippen LogP contribution in [0.1, 0.15) is 0 Å². The molecule has 10 heteroatoms. The van der Waals surface area contributed by atoms with Crippen molar-refractivity contribution in [3.8, 4) is 11.4 Å². The first-order chi connectivity index (χ1) is 13.6. The Morgan fingerprint density at radius 2 is 1.68 bits per heavy atom. The minimum absolute atomic E-state index is 0.154. The number of anilines is 1. The number of carbonyl (C=O) groups is 1. The van der Waals surface area contributed by atoms with Crippen molar-refractivity contribution in [3.63, 3.8) is 0 Å². The van der Waals surface area contributed by atoms with Crippen molar-refractivity contribution in [1.82, 2.24) is 19.9 Å². The minimum Gasteiger partial charge on any atom is -0.379 e. The molecule has 0 radical (unpaired) electrons. The maximum absolute atomic E-state index is 12.5. The van der Waals surface area contributed by atoms with Crippen molar-refractivity contribution in [2.24, 2.45) is 0 Å². The highest BCUT2D eigenvalue weighted by Gasteiger charge is 2.26. The van der Waals surface area contributed by atoms with Gasteiger partial charge in [-0.05, 0) is 18.2 Å². The van der Waals surface area contributed by atoms with Crippen molar-refractivity contribution in [2.75, 3.05) is 63.9 Å². The topological polar surface area (TPSA) is 74.9 Å². The van der Waals surface area contributed by atoms with Gasteiger partial charge in [0.05, 0.1) is 19.8 Å². The minimum atomic E-state index is 0.154. The van der Waals surface area contributed by atoms with Crippen LogP contribution in [0, 0.1) is 0 Å². The van der Waals surface area contributed by atoms with E-state index in [0.29, 0.717) is 73.4 Å². The summed E-state index contributed by atoms with van der Waals surface area (Å²) in [5, 5.41) is 5.06. The number of carbonyl (C=O) groups excluding carboxylic acids is 1. The third-order valence-corrected chi connectivity index (χ3v) is 5.34. The summed E-state index contributed by atoms with van der Waals surface area (Å²) in [7, 11) is 0. The Hall–Kier alpha value is -1.87. The lowest BCUT2D eigenvalue weighted by atomic mass is 10.2. The fourth-order valence-electron chi connectivity index (χ4n) is 3.34. The maximum Gasteiger partial charge on any atom is 0.324 e. The van der Waals surface area contributed by atoms with Crippen LogP contribution in [0.4, 0.5) is 6.01 Å². The van der Waals surface area contributed by atoms with Gasteiger partial charge in [-0.15, -0.1) is 0 Å². The fraction of sp³-hybridized carbons (Fsp3) is 0.500. The van der Waals surface area contributed by atoms with Gasteiger partial charge in [0, 0.05) is 54.9 Å². The third-order valence-electron chi connectivity index (χ3n) is 4.90. The lowest BCUT2D eigenvalue weighted by Crippen LogP contribution is -2.52. The summed E-state index contributed by atoms with van der Waals surface area (Å²) in [5.41, 5.74) is 0.701. The number of hydrogen-bond acceptors (Lipinski definition) is 7. The van der Waals surface area contributed by atoms with Gasteiger partial charge in [0.15, 0.2) is 0 Å². The van der Waals surface area contributed by atoms with Crippen LogP contribution in [0.3, 0.4) is 0 Å². The van der Waals surface area contributed by atoms with Crippen molar-refractivity contribution in [1.29, 1.82) is 0 Å². The van der Waals surface area contributed by atoms with Gasteiger partial charge in [-0.1, -0.05) is 28.4 Å². The molecule has 0 bridgehead atoms. The summed E-state index contributed by atoms with van der Waals surface area (Å²) in [6, 6.07) is 5.57. The summed E-state index contributed by atoms with van der Waals surface area (Å²) in [4.78, 5) is 23.0. The number of benzene rings is 1. The largest absolute Gasteiger partial charge is 0.379 e. The third kappa shape index (κ3) is 4.57. The highest BCUT2D eigenvalue weighted by molar-refractivity contribution is 6.35. The summed E-state index contributed by atoms with van der Waals surface area (Å²) in [6.07, 6.45) is 0. The van der Waals surface area contributed by atoms with Crippen LogP contribution in [0.25, 0.3) is 11.4 Å². The zero-order chi connectivity index (χ0) is 19.5. The van der Waals surface area contributed by atoms with Crippen LogP contribution in [-0.2, 0) is 9.53 Å². The van der Waals surface area contributed by atoms with Crippen LogP contribution < -0.4 is 4.90 Å². The van der Waals surface area contributed by atoms with E-state index in [0.717, 1.165) is 13.1 Å². The van der Waals surface area contributed by atoms with E-state index in [1.165, 1.54) is 0 Å². The van der Waals surface area contributed by atoms with E-state index in [-0.39, 0.29) is 5.91 Å². The van der Waals surface area contributed by atoms with Crippen LogP contribution in [0.2, 0.25) is 10.0 Å². The van der Waals surface area contributed by atoms with Crippen molar-refractivity contribution in [3.05, 3.63) is 28.2 Å². The van der Waals surface area contributed by atoms with Crippen LogP contribution in [-0.4, -0.2) is 84.9 Å². The first kappa shape index (κ1) is 19.4. The molecule has 1 aromatic heterocycles. The zero-order valence-electron chi connectivity index (χ0n) is 15.3. The maximum atomic E-state index is 12.5. The average molecular weight is 426 g/mol. The highest BCUT2D eigenvalue weighted by Crippen LogP contribution is 2.27. The normalized spacial score (nSPS) is 18.5. The Morgan fingerprint density at radius 3 is 2.36 bits per heavy atom. The smallest absolute Gasteiger partial charge is 0.324 e. The van der Waals surface area contributed by atoms with Crippen LogP contribution >= 0.6 is 23.2 Å². The summed E-state index contributed by atoms with van der Waals surface area (Å²) in [5.74, 6) is 0.589. The number of halogens is 2. The van der Waals surface area contributed by atoms with E-state index in [2.05, 4.69) is 15.0 Å². The molecule has 0 N–H and O–H groups in total. The monoisotopic (exact) mass is 425 g/mol. The van der Waals surface area contributed by atoms with Gasteiger partial charge < -0.3 is 19.1 Å². The number of nitrogens with zero attached hydrogens (tertiary/aromatic N) is 5. The van der Waals surface area contributed by atoms with Crippen molar-refractivity contribution >= 4 is 35.1 Å². The van der Waals surface area contributed by atoms with Gasteiger partial charge in [-0.25, -0.2) is 0 Å². The van der Waals surface area contributed by atoms with Gasteiger partial charge in [-0.3, -0.25) is 9.69 Å². The Bertz CT molecular complexity index is 812. The number of rotatable bonds is 4. The highest BCUT2D eigenvalue weighted by atomic mass is 35.5. The molecule has 0 spiro atoms. The first-order valence-corrected chi connectivity index (χ1v) is 9.97. The molecule has 8 nitrogen and oxygen atoms in total. The predicted molar refractivity (Wildman–Crippen MR) is 106 cm³/mol. The van der Waals surface area contributed by atoms with E-state index in [1.807, 2.05) is 9.80 Å². The van der Waals surface area contributed by atoms with E-state index >= 15 is 0 Å². The van der Waals surface area contributed by atoms with E-state index in [9.17, 15) is 4.79 Å². The zero-order valence-corrected chi connectivity index (χ0v) is 16.8. The molecule has 3 heterocycles. The van der Waals surface area contributed by atoms with Crippen molar-refractivity contribution in [2.45, 2.75) is 0 Å². The molecule has 0 unspecified atom stereocenters. The molecule has 28 heavy (non-hydrogen) atoms. The lowest BCUT2D eigenvalue weighted by molar-refractivity contribution is -0.133. The standard InChI is InChI=1S/C18H21Cl2N5O3/c19-14-9-13(10-15(20)11-14)17-21-18(28-22-17)25-3-1-24(2-4-25)16(26)12-23-5-7-27-8-6-23/h9-11H,1-8,12H2. The molecule has 0 saturated carbocycles. The van der Waals surface area contributed by atoms with Gasteiger partial charge in [0.1, 0.15) is 0 Å². The second kappa shape index (κ2) is 8.65. The molecule has 0 aliphatic carbocycles. The molecule has 2 aromatic rings. The number of morpholine rings is 1. The van der Waals surface area contributed by atoms with Gasteiger partial charge in [-0.2, -0.15) is 4.98 Å². The van der Waals surface area contributed by atoms with E-state index < -0.39 is 0 Å². The summed E-state index contributed by atoms with van der Waals surface area (Å²) < 4.78 is 10.7.